The van der Waals surface area contributed by atoms with Gasteiger partial charge in [0.15, 0.2) is 6.61 Å². The first-order valence-electron chi connectivity index (χ1n) is 11.8. The third-order valence-corrected chi connectivity index (χ3v) is 6.14. The molecule has 0 aliphatic carbocycles. The minimum atomic E-state index is -4.55. The molecule has 3 aromatic rings. The van der Waals surface area contributed by atoms with Crippen LogP contribution >= 0.6 is 0 Å². The molecule has 0 bridgehead atoms. The molecule has 0 aromatic heterocycles. The average molecular weight is 527 g/mol. The molecule has 0 saturated carbocycles. The van der Waals surface area contributed by atoms with Crippen molar-refractivity contribution in [2.75, 3.05) is 23.4 Å². The van der Waals surface area contributed by atoms with E-state index in [1.165, 1.54) is 11.0 Å². The van der Waals surface area contributed by atoms with Gasteiger partial charge in [-0.05, 0) is 79.6 Å². The molecular weight excluding hydrogens is 501 g/mol. The van der Waals surface area contributed by atoms with Crippen molar-refractivity contribution in [2.24, 2.45) is 5.92 Å². The first kappa shape index (κ1) is 26.7. The van der Waals surface area contributed by atoms with Crippen LogP contribution in [0.15, 0.2) is 66.7 Å². The summed E-state index contributed by atoms with van der Waals surface area (Å²) in [5, 5.41) is 2.27. The molecule has 4 rings (SSSR count). The minimum Gasteiger partial charge on any atom is -0.457 e. The molecule has 1 aliphatic rings. The van der Waals surface area contributed by atoms with Crippen LogP contribution in [0.25, 0.3) is 0 Å². The summed E-state index contributed by atoms with van der Waals surface area (Å²) in [6, 6.07) is 16.8. The second-order valence-corrected chi connectivity index (χ2v) is 8.98. The Labute approximate surface area is 217 Å². The lowest BCUT2D eigenvalue weighted by atomic mass is 10.1. The molecule has 0 radical (unpaired) electrons. The van der Waals surface area contributed by atoms with Gasteiger partial charge >= 0.3 is 12.1 Å². The molecular formula is C28H25F3N2O5. The average Bonchev–Trinajstić information content (AvgIpc) is 3.26. The van der Waals surface area contributed by atoms with E-state index in [9.17, 15) is 27.6 Å². The van der Waals surface area contributed by atoms with E-state index in [-0.39, 0.29) is 24.6 Å². The fourth-order valence-electron chi connectivity index (χ4n) is 3.95. The van der Waals surface area contributed by atoms with Gasteiger partial charge in [0.1, 0.15) is 11.5 Å². The second-order valence-electron chi connectivity index (χ2n) is 8.98. The highest BCUT2D eigenvalue weighted by Gasteiger charge is 2.36. The number of alkyl halides is 3. The Bertz CT molecular complexity index is 1360. The van der Waals surface area contributed by atoms with Crippen LogP contribution in [-0.2, 0) is 25.3 Å². The number of rotatable bonds is 7. The molecule has 1 atom stereocenters. The first-order valence-corrected chi connectivity index (χ1v) is 11.8. The maximum atomic E-state index is 12.8. The largest absolute Gasteiger partial charge is 0.457 e. The summed E-state index contributed by atoms with van der Waals surface area (Å²) in [6.45, 7) is 3.39. The summed E-state index contributed by atoms with van der Waals surface area (Å²) >= 11 is 0. The number of nitrogens with zero attached hydrogens (tertiary/aromatic N) is 1. The van der Waals surface area contributed by atoms with Gasteiger partial charge in [-0.2, -0.15) is 13.2 Å². The van der Waals surface area contributed by atoms with E-state index < -0.39 is 36.1 Å². The van der Waals surface area contributed by atoms with E-state index >= 15 is 0 Å². The summed E-state index contributed by atoms with van der Waals surface area (Å²) in [4.78, 5) is 38.5. The van der Waals surface area contributed by atoms with Crippen LogP contribution in [0.1, 0.15) is 23.1 Å². The van der Waals surface area contributed by atoms with Crippen LogP contribution in [0, 0.1) is 19.8 Å². The van der Waals surface area contributed by atoms with Gasteiger partial charge < -0.3 is 19.7 Å². The molecule has 1 fully saturated rings. The monoisotopic (exact) mass is 526 g/mol. The predicted octanol–water partition coefficient (Wildman–Crippen LogP) is 5.65. The number of benzene rings is 3. The summed E-state index contributed by atoms with van der Waals surface area (Å²) < 4.78 is 49.4. The van der Waals surface area contributed by atoms with Gasteiger partial charge in [-0.1, -0.05) is 12.1 Å². The highest BCUT2D eigenvalue weighted by Crippen LogP contribution is 2.31. The summed E-state index contributed by atoms with van der Waals surface area (Å²) in [7, 11) is 0. The Hall–Kier alpha value is -4.34. The lowest BCUT2D eigenvalue weighted by molar-refractivity contribution is -0.151. The first-order chi connectivity index (χ1) is 18.0. The molecule has 1 saturated heterocycles. The summed E-state index contributed by atoms with van der Waals surface area (Å²) in [5.74, 6) is -1.31. The molecule has 0 unspecified atom stereocenters. The second kappa shape index (κ2) is 11.0. The number of carbonyl (C=O) groups excluding carboxylic acids is 3. The maximum Gasteiger partial charge on any atom is 0.416 e. The van der Waals surface area contributed by atoms with E-state index in [1.54, 1.807) is 24.3 Å². The van der Waals surface area contributed by atoms with Crippen LogP contribution in [-0.4, -0.2) is 30.9 Å². The number of hydrogen-bond donors (Lipinski definition) is 1. The van der Waals surface area contributed by atoms with Gasteiger partial charge in [-0.15, -0.1) is 0 Å². The van der Waals surface area contributed by atoms with E-state index in [1.807, 2.05) is 32.0 Å². The normalized spacial score (nSPS) is 15.3. The highest BCUT2D eigenvalue weighted by atomic mass is 19.4. The van der Waals surface area contributed by atoms with Crippen molar-refractivity contribution in [3.05, 3.63) is 83.4 Å². The van der Waals surface area contributed by atoms with Crippen molar-refractivity contribution in [3.63, 3.8) is 0 Å². The van der Waals surface area contributed by atoms with Crippen molar-refractivity contribution < 1.29 is 37.0 Å². The number of nitrogens with one attached hydrogen (secondary N) is 1. The maximum absolute atomic E-state index is 12.8. The molecule has 1 N–H and O–H groups in total. The molecule has 198 valence electrons. The third-order valence-electron chi connectivity index (χ3n) is 6.14. The van der Waals surface area contributed by atoms with Crippen molar-refractivity contribution in [1.82, 2.24) is 0 Å². The quantitative estimate of drug-likeness (QED) is 0.402. The molecule has 3 aromatic carbocycles. The predicted molar refractivity (Wildman–Crippen MR) is 134 cm³/mol. The molecule has 0 spiro atoms. The van der Waals surface area contributed by atoms with Crippen LogP contribution in [0.2, 0.25) is 0 Å². The number of esters is 1. The van der Waals surface area contributed by atoms with Gasteiger partial charge in [0.2, 0.25) is 5.91 Å². The zero-order valence-electron chi connectivity index (χ0n) is 20.7. The van der Waals surface area contributed by atoms with Crippen molar-refractivity contribution in [2.45, 2.75) is 26.4 Å². The zero-order valence-corrected chi connectivity index (χ0v) is 20.7. The standard InChI is InChI=1S/C28H25F3N2O5/c1-17-6-9-24(12-18(17)2)38-23-10-7-22(8-11-23)33-15-19(13-26(33)35)27(36)37-16-25(34)32-21-5-3-4-20(14-21)28(29,30)31/h3-12,14,19H,13,15-16H2,1-2H3,(H,32,34)/t19-/m0/s1. The molecule has 1 aliphatic heterocycles. The SMILES string of the molecule is Cc1ccc(Oc2ccc(N3C[C@@H](C(=O)OCC(=O)Nc4cccc(C(F)(F)F)c4)CC3=O)cc2)cc1C. The van der Waals surface area contributed by atoms with Crippen LogP contribution in [0.3, 0.4) is 0 Å². The Balaban J connectivity index is 1.29. The fraction of sp³-hybridized carbons (Fsp3) is 0.250. The van der Waals surface area contributed by atoms with Crippen molar-refractivity contribution in [1.29, 1.82) is 0 Å². The van der Waals surface area contributed by atoms with Crippen molar-refractivity contribution in [3.8, 4) is 11.5 Å². The van der Waals surface area contributed by atoms with E-state index in [2.05, 4.69) is 5.32 Å². The highest BCUT2D eigenvalue weighted by molar-refractivity contribution is 6.00. The van der Waals surface area contributed by atoms with Gasteiger partial charge in [-0.25, -0.2) is 0 Å². The van der Waals surface area contributed by atoms with E-state index in [0.29, 0.717) is 17.2 Å². The Kier molecular flexibility index (Phi) is 7.70. The Morgan fingerprint density at radius 2 is 1.68 bits per heavy atom. The number of anilines is 2. The Morgan fingerprint density at radius 1 is 0.974 bits per heavy atom. The molecule has 7 nitrogen and oxygen atoms in total. The van der Waals surface area contributed by atoms with E-state index in [4.69, 9.17) is 9.47 Å². The lowest BCUT2D eigenvalue weighted by Gasteiger charge is -2.17. The third kappa shape index (κ3) is 6.50. The Morgan fingerprint density at radius 3 is 2.37 bits per heavy atom. The summed E-state index contributed by atoms with van der Waals surface area (Å²) in [5.41, 5.74) is 1.85. The number of halogens is 3. The van der Waals surface area contributed by atoms with Gasteiger partial charge in [-0.3, -0.25) is 14.4 Å². The summed E-state index contributed by atoms with van der Waals surface area (Å²) in [6.07, 6.45) is -4.64. The molecule has 1 heterocycles. The van der Waals surface area contributed by atoms with Crippen LogP contribution in [0.5, 0.6) is 11.5 Å². The number of hydrogen-bond acceptors (Lipinski definition) is 5. The van der Waals surface area contributed by atoms with Gasteiger partial charge in [0, 0.05) is 24.3 Å². The molecule has 10 heteroatoms. The molecule has 2 amide bonds. The van der Waals surface area contributed by atoms with Crippen LogP contribution < -0.4 is 15.0 Å². The minimum absolute atomic E-state index is 0.0737. The topological polar surface area (TPSA) is 84.9 Å². The van der Waals surface area contributed by atoms with E-state index in [0.717, 1.165) is 29.3 Å². The number of aryl methyl sites for hydroxylation is 2. The fourth-order valence-corrected chi connectivity index (χ4v) is 3.95. The number of ether oxygens (including phenoxy) is 2. The van der Waals surface area contributed by atoms with Crippen molar-refractivity contribution >= 4 is 29.2 Å². The molecule has 38 heavy (non-hydrogen) atoms. The smallest absolute Gasteiger partial charge is 0.416 e. The lowest BCUT2D eigenvalue weighted by Crippen LogP contribution is -2.28. The van der Waals surface area contributed by atoms with Crippen LogP contribution in [0.4, 0.5) is 24.5 Å². The number of amides is 2. The number of carbonyl (C=O) groups is 3. The zero-order chi connectivity index (χ0) is 27.4. The van der Waals surface area contributed by atoms with Gasteiger partial charge in [0.25, 0.3) is 5.91 Å². The van der Waals surface area contributed by atoms with Gasteiger partial charge in [0.05, 0.1) is 11.5 Å².